The number of aromatic amines is 1. The van der Waals surface area contributed by atoms with Crippen LogP contribution in [0.1, 0.15) is 63.1 Å². The van der Waals surface area contributed by atoms with Crippen LogP contribution in [0.2, 0.25) is 0 Å². The van der Waals surface area contributed by atoms with Gasteiger partial charge in [-0.1, -0.05) is 31.2 Å². The highest BCUT2D eigenvalue weighted by atomic mass is 32.2. The average Bonchev–Trinajstić information content (AvgIpc) is 2.80. The van der Waals surface area contributed by atoms with Crippen molar-refractivity contribution in [2.75, 3.05) is 11.5 Å². The molecule has 0 bridgehead atoms. The molecular formula is C24H33NS. The highest BCUT2D eigenvalue weighted by Crippen LogP contribution is 2.28. The van der Waals surface area contributed by atoms with Crippen LogP contribution in [0.5, 0.6) is 0 Å². The zero-order valence-electron chi connectivity index (χ0n) is 16.4. The van der Waals surface area contributed by atoms with Gasteiger partial charge in [-0.15, -0.1) is 0 Å². The average molecular weight is 368 g/mol. The second kappa shape index (κ2) is 8.25. The first-order valence-electron chi connectivity index (χ1n) is 10.6. The molecule has 26 heavy (non-hydrogen) atoms. The number of allylic oxidation sites excluding steroid dienone is 4. The van der Waals surface area contributed by atoms with Crippen molar-refractivity contribution in [2.24, 2.45) is 11.8 Å². The molecule has 1 saturated heterocycles. The Morgan fingerprint density at radius 3 is 3.04 bits per heavy atom. The lowest BCUT2D eigenvalue weighted by molar-refractivity contribution is 0.485. The molecule has 0 aromatic carbocycles. The number of nitrogens with one attached hydrogen (secondary N) is 1. The van der Waals surface area contributed by atoms with Crippen molar-refractivity contribution in [2.45, 2.75) is 65.2 Å². The van der Waals surface area contributed by atoms with E-state index in [9.17, 15) is 0 Å². The molecular weight excluding hydrogens is 334 g/mol. The minimum atomic E-state index is 0.607. The third kappa shape index (κ3) is 3.91. The first-order valence-corrected chi connectivity index (χ1v) is 11.7. The molecule has 2 heteroatoms. The Bertz CT molecular complexity index is 817. The number of rotatable bonds is 3. The molecule has 3 aliphatic rings. The zero-order valence-corrected chi connectivity index (χ0v) is 17.3. The minimum absolute atomic E-state index is 0.607. The summed E-state index contributed by atoms with van der Waals surface area (Å²) in [5.41, 5.74) is 6.09. The molecule has 0 radical (unpaired) electrons. The van der Waals surface area contributed by atoms with Gasteiger partial charge in [-0.05, 0) is 98.3 Å². The second-order valence-corrected chi connectivity index (χ2v) is 9.61. The summed E-state index contributed by atoms with van der Waals surface area (Å²) in [5, 5.41) is 2.91. The summed E-state index contributed by atoms with van der Waals surface area (Å²) in [4.78, 5) is 3.76. The largest absolute Gasteiger partial charge is 0.359 e. The Morgan fingerprint density at radius 2 is 2.19 bits per heavy atom. The van der Waals surface area contributed by atoms with E-state index in [1.54, 1.807) is 11.1 Å². The standard InChI is InChI=1S/C24H33NS/c1-17-10-12-20-8-4-3-5-9-22(20)24-21(18(2)25-23(24)15-17)13-11-19-7-6-14-26-16-19/h5,9,12,15,17,19,25H,3-4,6-8,10-11,13-14,16H2,1-2H3/b20-12?,23-15?,24-22-. The molecule has 0 spiro atoms. The van der Waals surface area contributed by atoms with Crippen molar-refractivity contribution < 1.29 is 0 Å². The van der Waals surface area contributed by atoms with E-state index in [-0.39, 0.29) is 0 Å². The van der Waals surface area contributed by atoms with E-state index in [0.717, 1.165) is 5.92 Å². The lowest BCUT2D eigenvalue weighted by Crippen LogP contribution is -2.30. The summed E-state index contributed by atoms with van der Waals surface area (Å²) in [6.45, 7) is 4.65. The fraction of sp³-hybridized carbons (Fsp3) is 0.583. The number of hydrogen-bond donors (Lipinski definition) is 1. The van der Waals surface area contributed by atoms with E-state index in [1.165, 1.54) is 84.7 Å². The SMILES string of the molecule is Cc1[nH]c2/c(c1CCC1CCCSC1)=C1/C=CCCCC1=CCC(C)C=2. The lowest BCUT2D eigenvalue weighted by Gasteiger charge is -2.21. The Morgan fingerprint density at radius 1 is 1.27 bits per heavy atom. The van der Waals surface area contributed by atoms with E-state index in [0.29, 0.717) is 5.92 Å². The van der Waals surface area contributed by atoms with Crippen LogP contribution in [0.25, 0.3) is 11.6 Å². The summed E-state index contributed by atoms with van der Waals surface area (Å²) < 4.78 is 0. The topological polar surface area (TPSA) is 15.8 Å². The summed E-state index contributed by atoms with van der Waals surface area (Å²) in [6.07, 6.45) is 20.2. The maximum absolute atomic E-state index is 3.76. The second-order valence-electron chi connectivity index (χ2n) is 8.46. The molecule has 2 unspecified atom stereocenters. The summed E-state index contributed by atoms with van der Waals surface area (Å²) >= 11 is 2.16. The quantitative estimate of drug-likeness (QED) is 0.791. The van der Waals surface area contributed by atoms with Crippen molar-refractivity contribution in [3.05, 3.63) is 45.6 Å². The number of aromatic nitrogens is 1. The number of thioether (sulfide) groups is 1. The zero-order chi connectivity index (χ0) is 17.9. The molecule has 140 valence electrons. The summed E-state index contributed by atoms with van der Waals surface area (Å²) in [5.74, 6) is 4.27. The van der Waals surface area contributed by atoms with E-state index < -0.39 is 0 Å². The maximum atomic E-state index is 3.76. The number of hydrogen-bond acceptors (Lipinski definition) is 1. The van der Waals surface area contributed by atoms with Crippen molar-refractivity contribution >= 4 is 23.4 Å². The number of H-pyrrole nitrogens is 1. The van der Waals surface area contributed by atoms with Gasteiger partial charge in [0.1, 0.15) is 0 Å². The highest BCUT2D eigenvalue weighted by molar-refractivity contribution is 7.99. The van der Waals surface area contributed by atoms with Gasteiger partial charge in [0.25, 0.3) is 0 Å². The van der Waals surface area contributed by atoms with Gasteiger partial charge in [-0.2, -0.15) is 11.8 Å². The van der Waals surface area contributed by atoms with Crippen LogP contribution in [0.15, 0.2) is 23.8 Å². The van der Waals surface area contributed by atoms with Crippen LogP contribution < -0.4 is 10.6 Å². The number of aryl methyl sites for hydroxylation is 1. The van der Waals surface area contributed by atoms with Gasteiger partial charge in [0, 0.05) is 16.3 Å². The van der Waals surface area contributed by atoms with Crippen LogP contribution in [0.4, 0.5) is 0 Å². The van der Waals surface area contributed by atoms with Crippen molar-refractivity contribution in [1.82, 2.24) is 4.98 Å². The smallest absolute Gasteiger partial charge is 0.0427 e. The molecule has 2 aliphatic carbocycles. The van der Waals surface area contributed by atoms with Crippen LogP contribution in [-0.4, -0.2) is 16.5 Å². The molecule has 0 saturated carbocycles. The molecule has 4 rings (SSSR count). The van der Waals surface area contributed by atoms with Crippen molar-refractivity contribution in [3.8, 4) is 0 Å². The van der Waals surface area contributed by atoms with Crippen LogP contribution in [0.3, 0.4) is 0 Å². The van der Waals surface area contributed by atoms with Gasteiger partial charge in [-0.25, -0.2) is 0 Å². The summed E-state index contributed by atoms with van der Waals surface area (Å²) in [7, 11) is 0. The Balaban J connectivity index is 1.79. The summed E-state index contributed by atoms with van der Waals surface area (Å²) in [6, 6.07) is 0. The predicted molar refractivity (Wildman–Crippen MR) is 116 cm³/mol. The highest BCUT2D eigenvalue weighted by Gasteiger charge is 2.18. The predicted octanol–water partition coefficient (Wildman–Crippen LogP) is 5.04. The molecule has 2 heterocycles. The molecule has 1 N–H and O–H groups in total. The van der Waals surface area contributed by atoms with E-state index in [4.69, 9.17) is 0 Å². The van der Waals surface area contributed by atoms with Gasteiger partial charge in [-0.3, -0.25) is 0 Å². The van der Waals surface area contributed by atoms with Crippen LogP contribution >= 0.6 is 11.8 Å². The third-order valence-corrected chi connectivity index (χ3v) is 7.59. The molecule has 2 atom stereocenters. The fourth-order valence-electron chi connectivity index (χ4n) is 4.81. The van der Waals surface area contributed by atoms with Crippen molar-refractivity contribution in [1.29, 1.82) is 0 Å². The Hall–Kier alpha value is -1.15. The Labute approximate surface area is 162 Å². The molecule has 1 aromatic rings. The molecule has 0 amide bonds. The van der Waals surface area contributed by atoms with Gasteiger partial charge >= 0.3 is 0 Å². The van der Waals surface area contributed by atoms with Gasteiger partial charge in [0.05, 0.1) is 0 Å². The molecule has 1 aliphatic heterocycles. The third-order valence-electron chi connectivity index (χ3n) is 6.31. The first kappa shape index (κ1) is 18.2. The normalized spacial score (nSPS) is 28.2. The molecule has 1 aromatic heterocycles. The fourth-order valence-corrected chi connectivity index (χ4v) is 6.01. The molecule has 1 nitrogen and oxygen atoms in total. The monoisotopic (exact) mass is 367 g/mol. The number of fused-ring (bicyclic) bond motifs is 2. The van der Waals surface area contributed by atoms with Crippen LogP contribution in [-0.2, 0) is 6.42 Å². The van der Waals surface area contributed by atoms with E-state index >= 15 is 0 Å². The molecule has 1 fully saturated rings. The first-order chi connectivity index (χ1) is 12.7. The van der Waals surface area contributed by atoms with Crippen molar-refractivity contribution in [3.63, 3.8) is 0 Å². The maximum Gasteiger partial charge on any atom is 0.0427 e. The van der Waals surface area contributed by atoms with Gasteiger partial charge in [0.2, 0.25) is 0 Å². The minimum Gasteiger partial charge on any atom is -0.359 e. The van der Waals surface area contributed by atoms with Crippen LogP contribution in [0, 0.1) is 18.8 Å². The van der Waals surface area contributed by atoms with Gasteiger partial charge < -0.3 is 4.98 Å². The van der Waals surface area contributed by atoms with E-state index in [1.807, 2.05) is 0 Å². The Kier molecular flexibility index (Phi) is 5.78. The van der Waals surface area contributed by atoms with E-state index in [2.05, 4.69) is 54.9 Å². The lowest BCUT2D eigenvalue weighted by atomic mass is 9.91. The van der Waals surface area contributed by atoms with Gasteiger partial charge in [0.15, 0.2) is 0 Å².